The smallest absolute Gasteiger partial charge is 0.225 e. The number of rotatable bonds is 3. The summed E-state index contributed by atoms with van der Waals surface area (Å²) in [6.07, 6.45) is 6.55. The third-order valence-electron chi connectivity index (χ3n) is 4.98. The summed E-state index contributed by atoms with van der Waals surface area (Å²) in [6.45, 7) is 6.28. The van der Waals surface area contributed by atoms with Crippen molar-refractivity contribution in [3.8, 4) is 0 Å². The van der Waals surface area contributed by atoms with Gasteiger partial charge in [-0.15, -0.1) is 0 Å². The second-order valence-corrected chi connectivity index (χ2v) is 6.60. The monoisotopic (exact) mass is 276 g/mol. The number of piperidine rings is 1. The van der Waals surface area contributed by atoms with Crippen LogP contribution in [0.5, 0.6) is 0 Å². The van der Waals surface area contributed by atoms with Crippen molar-refractivity contribution in [2.45, 2.75) is 51.3 Å². The molecular formula is C15H24N4O. The average Bonchev–Trinajstić information content (AvgIpc) is 2.48. The van der Waals surface area contributed by atoms with Gasteiger partial charge in [0.05, 0.1) is 6.10 Å². The molecular weight excluding hydrogens is 252 g/mol. The van der Waals surface area contributed by atoms with E-state index in [1.165, 1.54) is 0 Å². The highest BCUT2D eigenvalue weighted by Gasteiger charge is 2.47. The molecule has 0 bridgehead atoms. The van der Waals surface area contributed by atoms with E-state index >= 15 is 0 Å². The van der Waals surface area contributed by atoms with Crippen LogP contribution in [-0.4, -0.2) is 46.4 Å². The maximum Gasteiger partial charge on any atom is 0.225 e. The minimum Gasteiger partial charge on any atom is -0.392 e. The van der Waals surface area contributed by atoms with E-state index in [4.69, 9.17) is 0 Å². The molecule has 0 radical (unpaired) electrons. The van der Waals surface area contributed by atoms with Crippen LogP contribution in [0.15, 0.2) is 18.5 Å². The summed E-state index contributed by atoms with van der Waals surface area (Å²) in [7, 11) is 0. The number of anilines is 1. The SMILES string of the molecule is CC1(C)C(O)CC1NC1CCN(c2ncccn2)CC1. The van der Waals surface area contributed by atoms with Gasteiger partial charge in [-0.1, -0.05) is 13.8 Å². The molecule has 3 rings (SSSR count). The number of aliphatic hydroxyl groups is 1. The van der Waals surface area contributed by atoms with Gasteiger partial charge in [0.2, 0.25) is 5.95 Å². The van der Waals surface area contributed by atoms with Crippen LogP contribution in [0, 0.1) is 5.41 Å². The van der Waals surface area contributed by atoms with Crippen molar-refractivity contribution in [3.63, 3.8) is 0 Å². The molecule has 2 aliphatic rings. The maximum absolute atomic E-state index is 9.80. The van der Waals surface area contributed by atoms with Crippen molar-refractivity contribution in [1.29, 1.82) is 0 Å². The van der Waals surface area contributed by atoms with Gasteiger partial charge in [0.1, 0.15) is 0 Å². The Morgan fingerprint density at radius 1 is 1.25 bits per heavy atom. The number of aliphatic hydroxyl groups excluding tert-OH is 1. The van der Waals surface area contributed by atoms with Crippen molar-refractivity contribution < 1.29 is 5.11 Å². The van der Waals surface area contributed by atoms with E-state index in [0.717, 1.165) is 38.3 Å². The average molecular weight is 276 g/mol. The van der Waals surface area contributed by atoms with Crippen LogP contribution in [0.2, 0.25) is 0 Å². The van der Waals surface area contributed by atoms with Crippen LogP contribution >= 0.6 is 0 Å². The van der Waals surface area contributed by atoms with Gasteiger partial charge in [0.15, 0.2) is 0 Å². The summed E-state index contributed by atoms with van der Waals surface area (Å²) < 4.78 is 0. The molecule has 110 valence electrons. The van der Waals surface area contributed by atoms with Crippen LogP contribution in [0.4, 0.5) is 5.95 Å². The van der Waals surface area contributed by atoms with Crippen LogP contribution in [-0.2, 0) is 0 Å². The lowest BCUT2D eigenvalue weighted by molar-refractivity contribution is -0.0766. The molecule has 2 fully saturated rings. The highest BCUT2D eigenvalue weighted by atomic mass is 16.3. The summed E-state index contributed by atoms with van der Waals surface area (Å²) >= 11 is 0. The first-order chi connectivity index (χ1) is 9.57. The van der Waals surface area contributed by atoms with Crippen LogP contribution < -0.4 is 10.2 Å². The fourth-order valence-electron chi connectivity index (χ4n) is 3.17. The van der Waals surface area contributed by atoms with Crippen LogP contribution in [0.3, 0.4) is 0 Å². The first-order valence-corrected chi connectivity index (χ1v) is 7.53. The van der Waals surface area contributed by atoms with Crippen molar-refractivity contribution in [2.75, 3.05) is 18.0 Å². The summed E-state index contributed by atoms with van der Waals surface area (Å²) in [5.41, 5.74) is 0.0136. The lowest BCUT2D eigenvalue weighted by atomic mass is 9.64. The molecule has 2 N–H and O–H groups in total. The third-order valence-corrected chi connectivity index (χ3v) is 4.98. The zero-order valence-electron chi connectivity index (χ0n) is 12.3. The number of aromatic nitrogens is 2. The molecule has 2 unspecified atom stereocenters. The summed E-state index contributed by atoms with van der Waals surface area (Å²) in [6, 6.07) is 2.84. The van der Waals surface area contributed by atoms with E-state index in [1.54, 1.807) is 12.4 Å². The molecule has 0 amide bonds. The summed E-state index contributed by atoms with van der Waals surface area (Å²) in [4.78, 5) is 10.9. The molecule has 5 heteroatoms. The molecule has 1 saturated carbocycles. The number of nitrogens with zero attached hydrogens (tertiary/aromatic N) is 3. The molecule has 2 atom stereocenters. The van der Waals surface area contributed by atoms with Crippen molar-refractivity contribution >= 4 is 5.95 Å². The predicted molar refractivity (Wildman–Crippen MR) is 78.6 cm³/mol. The van der Waals surface area contributed by atoms with Crippen LogP contribution in [0.25, 0.3) is 0 Å². The van der Waals surface area contributed by atoms with Gasteiger partial charge in [-0.25, -0.2) is 9.97 Å². The first-order valence-electron chi connectivity index (χ1n) is 7.53. The maximum atomic E-state index is 9.80. The molecule has 1 aliphatic carbocycles. The second kappa shape index (κ2) is 5.30. The minimum atomic E-state index is -0.155. The fourth-order valence-corrected chi connectivity index (χ4v) is 3.17. The number of hydrogen-bond donors (Lipinski definition) is 2. The van der Waals surface area contributed by atoms with Crippen molar-refractivity contribution in [3.05, 3.63) is 18.5 Å². The standard InChI is InChI=1S/C15H24N4O/c1-15(2)12(10-13(15)20)18-11-4-8-19(9-5-11)14-16-6-3-7-17-14/h3,6-7,11-13,18,20H,4-5,8-10H2,1-2H3. The normalized spacial score (nSPS) is 30.1. The quantitative estimate of drug-likeness (QED) is 0.868. The third kappa shape index (κ3) is 2.52. The first kappa shape index (κ1) is 13.8. The number of hydrogen-bond acceptors (Lipinski definition) is 5. The lowest BCUT2D eigenvalue weighted by Gasteiger charge is -2.51. The van der Waals surface area contributed by atoms with Gasteiger partial charge < -0.3 is 15.3 Å². The van der Waals surface area contributed by atoms with Gasteiger partial charge >= 0.3 is 0 Å². The van der Waals surface area contributed by atoms with Crippen LogP contribution in [0.1, 0.15) is 33.1 Å². The Balaban J connectivity index is 1.50. The fraction of sp³-hybridized carbons (Fsp3) is 0.733. The van der Waals surface area contributed by atoms with E-state index in [9.17, 15) is 5.11 Å². The van der Waals surface area contributed by atoms with E-state index in [1.807, 2.05) is 6.07 Å². The van der Waals surface area contributed by atoms with E-state index < -0.39 is 0 Å². The van der Waals surface area contributed by atoms with Gasteiger partial charge in [0, 0.05) is 43.0 Å². The molecule has 0 aromatic carbocycles. The highest BCUT2D eigenvalue weighted by molar-refractivity contribution is 5.29. The largest absolute Gasteiger partial charge is 0.392 e. The van der Waals surface area contributed by atoms with Crippen molar-refractivity contribution in [2.24, 2.45) is 5.41 Å². The summed E-state index contributed by atoms with van der Waals surface area (Å²) in [5, 5.41) is 13.5. The Morgan fingerprint density at radius 3 is 2.45 bits per heavy atom. The molecule has 1 aromatic heterocycles. The zero-order chi connectivity index (χ0) is 14.2. The Hall–Kier alpha value is -1.20. The molecule has 1 aromatic rings. The highest BCUT2D eigenvalue weighted by Crippen LogP contribution is 2.41. The molecule has 2 heterocycles. The number of nitrogens with one attached hydrogen (secondary N) is 1. The van der Waals surface area contributed by atoms with Gasteiger partial charge in [-0.05, 0) is 25.3 Å². The topological polar surface area (TPSA) is 61.3 Å². The molecule has 5 nitrogen and oxygen atoms in total. The molecule has 0 spiro atoms. The zero-order valence-corrected chi connectivity index (χ0v) is 12.3. The molecule has 20 heavy (non-hydrogen) atoms. The summed E-state index contributed by atoms with van der Waals surface area (Å²) in [5.74, 6) is 0.838. The van der Waals surface area contributed by atoms with Gasteiger partial charge in [-0.3, -0.25) is 0 Å². The van der Waals surface area contributed by atoms with Gasteiger partial charge in [-0.2, -0.15) is 0 Å². The Morgan fingerprint density at radius 2 is 1.90 bits per heavy atom. The van der Waals surface area contributed by atoms with Crippen molar-refractivity contribution in [1.82, 2.24) is 15.3 Å². The second-order valence-electron chi connectivity index (χ2n) is 6.60. The minimum absolute atomic E-state index is 0.0136. The van der Waals surface area contributed by atoms with E-state index in [0.29, 0.717) is 12.1 Å². The molecule has 1 saturated heterocycles. The predicted octanol–water partition coefficient (Wildman–Crippen LogP) is 1.19. The Labute approximate surface area is 120 Å². The van der Waals surface area contributed by atoms with E-state index in [-0.39, 0.29) is 11.5 Å². The lowest BCUT2D eigenvalue weighted by Crippen LogP contribution is -2.62. The Bertz CT molecular complexity index is 442. The van der Waals surface area contributed by atoms with E-state index in [2.05, 4.69) is 34.0 Å². The van der Waals surface area contributed by atoms with Gasteiger partial charge in [0.25, 0.3) is 0 Å². The molecule has 1 aliphatic heterocycles. The Kier molecular flexibility index (Phi) is 3.65.